The van der Waals surface area contributed by atoms with Crippen molar-refractivity contribution in [3.05, 3.63) is 17.3 Å². The lowest BCUT2D eigenvalue weighted by Gasteiger charge is -2.15. The van der Waals surface area contributed by atoms with Gasteiger partial charge in [-0.1, -0.05) is 13.3 Å². The Morgan fingerprint density at radius 1 is 1.44 bits per heavy atom. The van der Waals surface area contributed by atoms with Crippen LogP contribution in [-0.4, -0.2) is 29.1 Å². The molecule has 2 N–H and O–H groups in total. The normalized spacial score (nSPS) is 12.4. The molecule has 5 heteroatoms. The third-order valence-electron chi connectivity index (χ3n) is 2.90. The van der Waals surface area contributed by atoms with Crippen LogP contribution in [0.1, 0.15) is 48.3 Å². The highest BCUT2D eigenvalue weighted by molar-refractivity contribution is 5.92. The molecular formula is C13H22N2O3. The van der Waals surface area contributed by atoms with E-state index in [2.05, 4.69) is 17.2 Å². The summed E-state index contributed by atoms with van der Waals surface area (Å²) < 4.78 is 5.26. The number of carbonyl (C=O) groups is 1. The van der Waals surface area contributed by atoms with E-state index < -0.39 is 0 Å². The maximum absolute atomic E-state index is 11.9. The van der Waals surface area contributed by atoms with Gasteiger partial charge in [0.05, 0.1) is 5.69 Å². The molecule has 0 bridgehead atoms. The Morgan fingerprint density at radius 3 is 2.67 bits per heavy atom. The van der Waals surface area contributed by atoms with Crippen molar-refractivity contribution in [1.29, 1.82) is 0 Å². The summed E-state index contributed by atoms with van der Waals surface area (Å²) in [6, 6.07) is 0. The van der Waals surface area contributed by atoms with Gasteiger partial charge in [0.25, 0.3) is 5.91 Å². The molecular weight excluding hydrogens is 232 g/mol. The van der Waals surface area contributed by atoms with Crippen LogP contribution in [0.5, 0.6) is 0 Å². The molecule has 0 aromatic carbocycles. The number of rotatable bonds is 7. The highest BCUT2D eigenvalue weighted by atomic mass is 16.4. The molecule has 0 saturated carbocycles. The fourth-order valence-electron chi connectivity index (χ4n) is 2.00. The molecule has 1 aromatic rings. The Bertz CT molecular complexity index is 382. The SMILES string of the molecule is CCCC(CCO)CNC(=O)c1oc(C)nc1C. The first kappa shape index (κ1) is 14.7. The van der Waals surface area contributed by atoms with Crippen molar-refractivity contribution < 1.29 is 14.3 Å². The topological polar surface area (TPSA) is 75.4 Å². The first-order valence-corrected chi connectivity index (χ1v) is 6.41. The second kappa shape index (κ2) is 7.16. The van der Waals surface area contributed by atoms with Crippen LogP contribution in [0.4, 0.5) is 0 Å². The van der Waals surface area contributed by atoms with Gasteiger partial charge in [-0.3, -0.25) is 4.79 Å². The van der Waals surface area contributed by atoms with Gasteiger partial charge in [0.1, 0.15) is 0 Å². The van der Waals surface area contributed by atoms with E-state index in [4.69, 9.17) is 9.52 Å². The molecule has 0 radical (unpaired) electrons. The molecule has 0 aliphatic carbocycles. The number of hydrogen-bond acceptors (Lipinski definition) is 4. The van der Waals surface area contributed by atoms with E-state index in [9.17, 15) is 4.79 Å². The average molecular weight is 254 g/mol. The van der Waals surface area contributed by atoms with Crippen LogP contribution in [0.3, 0.4) is 0 Å². The third-order valence-corrected chi connectivity index (χ3v) is 2.90. The van der Waals surface area contributed by atoms with Gasteiger partial charge in [0, 0.05) is 20.1 Å². The molecule has 0 spiro atoms. The van der Waals surface area contributed by atoms with Gasteiger partial charge in [-0.2, -0.15) is 0 Å². The zero-order valence-electron chi connectivity index (χ0n) is 11.3. The maximum Gasteiger partial charge on any atom is 0.289 e. The summed E-state index contributed by atoms with van der Waals surface area (Å²) in [6.45, 7) is 6.28. The molecule has 0 aliphatic heterocycles. The summed E-state index contributed by atoms with van der Waals surface area (Å²) in [4.78, 5) is 15.9. The van der Waals surface area contributed by atoms with Crippen molar-refractivity contribution in [1.82, 2.24) is 10.3 Å². The Balaban J connectivity index is 2.51. The molecule has 1 atom stereocenters. The molecule has 0 saturated heterocycles. The number of amides is 1. The zero-order chi connectivity index (χ0) is 13.5. The molecule has 1 rings (SSSR count). The first-order chi connectivity index (χ1) is 8.58. The van der Waals surface area contributed by atoms with E-state index in [-0.39, 0.29) is 18.3 Å². The predicted octanol–water partition coefficient (Wildman–Crippen LogP) is 1.82. The van der Waals surface area contributed by atoms with Gasteiger partial charge < -0.3 is 14.8 Å². The largest absolute Gasteiger partial charge is 0.436 e. The van der Waals surface area contributed by atoms with Crippen molar-refractivity contribution in [2.45, 2.75) is 40.0 Å². The quantitative estimate of drug-likeness (QED) is 0.778. The number of nitrogens with zero attached hydrogens (tertiary/aromatic N) is 1. The number of oxazole rings is 1. The Kier molecular flexibility index (Phi) is 5.85. The number of aryl methyl sites for hydroxylation is 2. The summed E-state index contributed by atoms with van der Waals surface area (Å²) >= 11 is 0. The molecule has 0 fully saturated rings. The number of nitrogens with one attached hydrogen (secondary N) is 1. The molecule has 1 heterocycles. The Hall–Kier alpha value is -1.36. The maximum atomic E-state index is 11.9. The zero-order valence-corrected chi connectivity index (χ0v) is 11.3. The minimum absolute atomic E-state index is 0.154. The monoisotopic (exact) mass is 254 g/mol. The van der Waals surface area contributed by atoms with Crippen molar-refractivity contribution in [2.75, 3.05) is 13.2 Å². The first-order valence-electron chi connectivity index (χ1n) is 6.41. The molecule has 1 amide bonds. The minimum atomic E-state index is -0.229. The second-order valence-corrected chi connectivity index (χ2v) is 4.52. The number of hydrogen-bond donors (Lipinski definition) is 2. The highest BCUT2D eigenvalue weighted by Crippen LogP contribution is 2.12. The summed E-state index contributed by atoms with van der Waals surface area (Å²) in [6.07, 6.45) is 2.75. The smallest absolute Gasteiger partial charge is 0.289 e. The molecule has 1 aromatic heterocycles. The summed E-state index contributed by atoms with van der Waals surface area (Å²) in [5.74, 6) is 0.866. The van der Waals surface area contributed by atoms with Gasteiger partial charge in [-0.15, -0.1) is 0 Å². The van der Waals surface area contributed by atoms with Crippen molar-refractivity contribution >= 4 is 5.91 Å². The molecule has 18 heavy (non-hydrogen) atoms. The van der Waals surface area contributed by atoms with Crippen LogP contribution in [0.25, 0.3) is 0 Å². The van der Waals surface area contributed by atoms with E-state index in [0.717, 1.165) is 12.8 Å². The lowest BCUT2D eigenvalue weighted by molar-refractivity contribution is 0.0913. The van der Waals surface area contributed by atoms with E-state index in [1.807, 2.05) is 0 Å². The predicted molar refractivity (Wildman–Crippen MR) is 68.4 cm³/mol. The van der Waals surface area contributed by atoms with Crippen LogP contribution < -0.4 is 5.32 Å². The number of carbonyl (C=O) groups excluding carboxylic acids is 1. The fraction of sp³-hybridized carbons (Fsp3) is 0.692. The average Bonchev–Trinajstić information content (AvgIpc) is 2.65. The van der Waals surface area contributed by atoms with Crippen LogP contribution in [0.15, 0.2) is 4.42 Å². The molecule has 102 valence electrons. The third kappa shape index (κ3) is 4.14. The van der Waals surface area contributed by atoms with Crippen molar-refractivity contribution in [3.63, 3.8) is 0 Å². The summed E-state index contributed by atoms with van der Waals surface area (Å²) in [7, 11) is 0. The summed E-state index contributed by atoms with van der Waals surface area (Å²) in [5, 5.41) is 11.8. The Morgan fingerprint density at radius 2 is 2.17 bits per heavy atom. The highest BCUT2D eigenvalue weighted by Gasteiger charge is 2.17. The number of aromatic nitrogens is 1. The van der Waals surface area contributed by atoms with Gasteiger partial charge in [-0.05, 0) is 25.7 Å². The number of aliphatic hydroxyl groups is 1. The van der Waals surface area contributed by atoms with E-state index >= 15 is 0 Å². The standard InChI is InChI=1S/C13H22N2O3/c1-4-5-11(6-7-16)8-14-13(17)12-9(2)15-10(3)18-12/h11,16H,4-8H2,1-3H3,(H,14,17). The summed E-state index contributed by atoms with van der Waals surface area (Å²) in [5.41, 5.74) is 0.610. The van der Waals surface area contributed by atoms with E-state index in [1.54, 1.807) is 13.8 Å². The second-order valence-electron chi connectivity index (χ2n) is 4.52. The lowest BCUT2D eigenvalue weighted by Crippen LogP contribution is -2.30. The van der Waals surface area contributed by atoms with Crippen LogP contribution >= 0.6 is 0 Å². The van der Waals surface area contributed by atoms with Crippen molar-refractivity contribution in [3.8, 4) is 0 Å². The van der Waals surface area contributed by atoms with Gasteiger partial charge >= 0.3 is 0 Å². The Labute approximate surface area is 108 Å². The van der Waals surface area contributed by atoms with E-state index in [1.165, 1.54) is 0 Å². The van der Waals surface area contributed by atoms with Gasteiger partial charge in [0.15, 0.2) is 5.89 Å². The van der Waals surface area contributed by atoms with Gasteiger partial charge in [0.2, 0.25) is 5.76 Å². The van der Waals surface area contributed by atoms with Crippen LogP contribution in [0, 0.1) is 19.8 Å². The minimum Gasteiger partial charge on any atom is -0.436 e. The molecule has 0 aliphatic rings. The van der Waals surface area contributed by atoms with E-state index in [0.29, 0.717) is 30.5 Å². The molecule has 1 unspecified atom stereocenters. The van der Waals surface area contributed by atoms with Crippen molar-refractivity contribution in [2.24, 2.45) is 5.92 Å². The molecule has 5 nitrogen and oxygen atoms in total. The lowest BCUT2D eigenvalue weighted by atomic mass is 10.0. The number of aliphatic hydroxyl groups excluding tert-OH is 1. The van der Waals surface area contributed by atoms with Gasteiger partial charge in [-0.25, -0.2) is 4.98 Å². The van der Waals surface area contributed by atoms with Crippen LogP contribution in [-0.2, 0) is 0 Å². The van der Waals surface area contributed by atoms with Crippen LogP contribution in [0.2, 0.25) is 0 Å². The fourth-order valence-corrected chi connectivity index (χ4v) is 2.00.